The van der Waals surface area contributed by atoms with Crippen LogP contribution in [-0.2, 0) is 0 Å². The van der Waals surface area contributed by atoms with Gasteiger partial charge < -0.3 is 24.4 Å². The second kappa shape index (κ2) is 10.4. The standard InChI is InChI=1S/C24H30N4O6/c1-7-16(8-2)27-28(24(30)31)34-21-13(3)9-15(10-14(21)4)22-25-18-11-17(32-5)12-19(33-6)20(18)23(29)26-22/h9-12,16,27H,7-8H2,1-6H3,(H,30,31)(H,25,26,29). The number of nitrogens with one attached hydrogen (secondary N) is 2. The molecule has 0 spiro atoms. The number of hydroxylamine groups is 1. The summed E-state index contributed by atoms with van der Waals surface area (Å²) in [6.45, 7) is 7.53. The molecule has 0 aliphatic heterocycles. The Labute approximate surface area is 197 Å². The van der Waals surface area contributed by atoms with Gasteiger partial charge in [-0.05, 0) is 49.9 Å². The zero-order valence-electron chi connectivity index (χ0n) is 20.2. The molecular weight excluding hydrogens is 440 g/mol. The Kier molecular flexibility index (Phi) is 7.62. The molecule has 0 atom stereocenters. The molecule has 1 amide bonds. The number of methoxy groups -OCH3 is 2. The number of aryl methyl sites for hydroxylation is 2. The maximum atomic E-state index is 12.8. The summed E-state index contributed by atoms with van der Waals surface area (Å²) in [5.74, 6) is 1.64. The lowest BCUT2D eigenvalue weighted by Gasteiger charge is -2.26. The van der Waals surface area contributed by atoms with E-state index in [0.717, 1.165) is 18.0 Å². The van der Waals surface area contributed by atoms with E-state index in [4.69, 9.17) is 14.3 Å². The first kappa shape index (κ1) is 24.8. The summed E-state index contributed by atoms with van der Waals surface area (Å²) < 4.78 is 10.6. The van der Waals surface area contributed by atoms with Gasteiger partial charge in [0.25, 0.3) is 5.56 Å². The number of aromatic nitrogens is 2. The molecule has 2 aromatic carbocycles. The zero-order valence-corrected chi connectivity index (χ0v) is 20.2. The smallest absolute Gasteiger partial charge is 0.456 e. The van der Waals surface area contributed by atoms with Crippen LogP contribution in [0, 0.1) is 13.8 Å². The highest BCUT2D eigenvalue weighted by molar-refractivity contribution is 5.87. The molecule has 0 aliphatic rings. The van der Waals surface area contributed by atoms with Crippen LogP contribution in [0.2, 0.25) is 0 Å². The van der Waals surface area contributed by atoms with Crippen LogP contribution in [0.15, 0.2) is 29.1 Å². The number of carboxylic acid groups (broad SMARTS) is 1. The van der Waals surface area contributed by atoms with Crippen molar-refractivity contribution in [3.05, 3.63) is 45.7 Å². The van der Waals surface area contributed by atoms with Crippen molar-refractivity contribution < 1.29 is 24.2 Å². The highest BCUT2D eigenvalue weighted by Gasteiger charge is 2.21. The minimum atomic E-state index is -1.25. The zero-order chi connectivity index (χ0) is 25.0. The predicted molar refractivity (Wildman–Crippen MR) is 128 cm³/mol. The summed E-state index contributed by atoms with van der Waals surface area (Å²) in [7, 11) is 3.00. The van der Waals surface area contributed by atoms with Crippen LogP contribution in [0.1, 0.15) is 37.8 Å². The fourth-order valence-electron chi connectivity index (χ4n) is 3.71. The van der Waals surface area contributed by atoms with E-state index in [1.54, 1.807) is 38.1 Å². The highest BCUT2D eigenvalue weighted by atomic mass is 16.7. The third kappa shape index (κ3) is 5.07. The molecule has 0 fully saturated rings. The number of H-pyrrole nitrogens is 1. The molecule has 0 saturated carbocycles. The van der Waals surface area contributed by atoms with Crippen LogP contribution in [0.5, 0.6) is 17.2 Å². The van der Waals surface area contributed by atoms with Crippen molar-refractivity contribution >= 4 is 17.0 Å². The third-order valence-corrected chi connectivity index (χ3v) is 5.58. The van der Waals surface area contributed by atoms with Crippen LogP contribution in [0.3, 0.4) is 0 Å². The minimum Gasteiger partial charge on any atom is -0.497 e. The van der Waals surface area contributed by atoms with E-state index in [2.05, 4.69) is 15.4 Å². The fourth-order valence-corrected chi connectivity index (χ4v) is 3.71. The highest BCUT2D eigenvalue weighted by Crippen LogP contribution is 2.32. The van der Waals surface area contributed by atoms with Gasteiger partial charge in [-0.2, -0.15) is 5.43 Å². The molecule has 3 N–H and O–H groups in total. The van der Waals surface area contributed by atoms with Gasteiger partial charge in [0.15, 0.2) is 5.75 Å². The van der Waals surface area contributed by atoms with Crippen LogP contribution < -0.4 is 25.3 Å². The number of ether oxygens (including phenoxy) is 2. The molecule has 0 radical (unpaired) electrons. The monoisotopic (exact) mass is 470 g/mol. The quantitative estimate of drug-likeness (QED) is 0.398. The largest absolute Gasteiger partial charge is 0.497 e. The average molecular weight is 471 g/mol. The number of amides is 1. The number of hydrazine groups is 1. The second-order valence-electron chi connectivity index (χ2n) is 7.89. The van der Waals surface area contributed by atoms with E-state index in [-0.39, 0.29) is 11.6 Å². The maximum Gasteiger partial charge on any atom is 0.456 e. The van der Waals surface area contributed by atoms with Crippen LogP contribution in [-0.4, -0.2) is 46.6 Å². The van der Waals surface area contributed by atoms with Crippen LogP contribution in [0.4, 0.5) is 4.79 Å². The minimum absolute atomic E-state index is 0.0446. The molecule has 182 valence electrons. The molecule has 10 nitrogen and oxygen atoms in total. The lowest BCUT2D eigenvalue weighted by Crippen LogP contribution is -2.49. The first-order valence-electron chi connectivity index (χ1n) is 11.0. The number of benzene rings is 2. The van der Waals surface area contributed by atoms with E-state index in [9.17, 15) is 14.7 Å². The maximum absolute atomic E-state index is 12.8. The van der Waals surface area contributed by atoms with Gasteiger partial charge in [-0.25, -0.2) is 9.78 Å². The number of rotatable bonds is 9. The number of hydrogen-bond acceptors (Lipinski definition) is 7. The lowest BCUT2D eigenvalue weighted by atomic mass is 10.0. The van der Waals surface area contributed by atoms with Crippen molar-refractivity contribution in [3.8, 4) is 28.6 Å². The molecule has 3 aromatic rings. The molecule has 10 heteroatoms. The number of carbonyl (C=O) groups is 1. The van der Waals surface area contributed by atoms with E-state index in [1.807, 2.05) is 13.8 Å². The lowest BCUT2D eigenvalue weighted by molar-refractivity contribution is -0.0883. The Morgan fingerprint density at radius 1 is 1.12 bits per heavy atom. The Balaban J connectivity index is 2.03. The Hall–Kier alpha value is -3.79. The second-order valence-corrected chi connectivity index (χ2v) is 7.89. The van der Waals surface area contributed by atoms with Gasteiger partial charge in [0.1, 0.15) is 22.7 Å². The molecule has 0 aliphatic carbocycles. The van der Waals surface area contributed by atoms with Gasteiger partial charge >= 0.3 is 6.09 Å². The van der Waals surface area contributed by atoms with E-state index >= 15 is 0 Å². The number of nitrogens with zero attached hydrogens (tertiary/aromatic N) is 2. The van der Waals surface area contributed by atoms with Gasteiger partial charge in [-0.1, -0.05) is 19.0 Å². The third-order valence-electron chi connectivity index (χ3n) is 5.58. The van der Waals surface area contributed by atoms with Crippen molar-refractivity contribution in [2.45, 2.75) is 46.6 Å². The van der Waals surface area contributed by atoms with Gasteiger partial charge in [0.2, 0.25) is 0 Å². The Morgan fingerprint density at radius 3 is 2.29 bits per heavy atom. The van der Waals surface area contributed by atoms with E-state index < -0.39 is 6.09 Å². The van der Waals surface area contributed by atoms with Gasteiger partial charge in [0, 0.05) is 23.7 Å². The topological polar surface area (TPSA) is 126 Å². The Morgan fingerprint density at radius 2 is 1.76 bits per heavy atom. The summed E-state index contributed by atoms with van der Waals surface area (Å²) in [5, 5.41) is 10.6. The van der Waals surface area contributed by atoms with Crippen molar-refractivity contribution in [3.63, 3.8) is 0 Å². The SMILES string of the molecule is CCC(CC)NN(Oc1c(C)cc(-c2nc3cc(OC)cc(OC)c3c(=O)[nH]2)cc1C)C(=O)O. The molecule has 1 heterocycles. The molecule has 3 rings (SSSR count). The summed E-state index contributed by atoms with van der Waals surface area (Å²) in [6, 6.07) is 6.81. The fraction of sp³-hybridized carbons (Fsp3) is 0.375. The van der Waals surface area contributed by atoms with Crippen molar-refractivity contribution in [1.82, 2.24) is 20.6 Å². The molecule has 0 bridgehead atoms. The molecule has 0 unspecified atom stereocenters. The summed E-state index contributed by atoms with van der Waals surface area (Å²) in [6.07, 6.45) is 0.243. The van der Waals surface area contributed by atoms with Gasteiger partial charge in [-0.3, -0.25) is 4.79 Å². The first-order chi connectivity index (χ1) is 16.2. The van der Waals surface area contributed by atoms with Crippen molar-refractivity contribution in [2.75, 3.05) is 14.2 Å². The van der Waals surface area contributed by atoms with Crippen molar-refractivity contribution in [1.29, 1.82) is 0 Å². The predicted octanol–water partition coefficient (Wildman–Crippen LogP) is 4.19. The van der Waals surface area contributed by atoms with Crippen LogP contribution >= 0.6 is 0 Å². The van der Waals surface area contributed by atoms with Crippen molar-refractivity contribution in [2.24, 2.45) is 0 Å². The normalized spacial score (nSPS) is 11.0. The van der Waals surface area contributed by atoms with Gasteiger partial charge in [0.05, 0.1) is 19.7 Å². The summed E-state index contributed by atoms with van der Waals surface area (Å²) >= 11 is 0. The van der Waals surface area contributed by atoms with Crippen LogP contribution in [0.25, 0.3) is 22.3 Å². The van der Waals surface area contributed by atoms with Gasteiger partial charge in [-0.15, -0.1) is 0 Å². The molecule has 1 aromatic heterocycles. The number of aromatic amines is 1. The molecular formula is C24H30N4O6. The first-order valence-corrected chi connectivity index (χ1v) is 11.0. The number of fused-ring (bicyclic) bond motifs is 1. The summed E-state index contributed by atoms with van der Waals surface area (Å²) in [4.78, 5) is 37.7. The Bertz CT molecular complexity index is 1230. The average Bonchev–Trinajstić information content (AvgIpc) is 2.81. The van der Waals surface area contributed by atoms with E-state index in [1.165, 1.54) is 14.2 Å². The summed E-state index contributed by atoms with van der Waals surface area (Å²) in [5.41, 5.74) is 4.97. The molecule has 34 heavy (non-hydrogen) atoms. The van der Waals surface area contributed by atoms with E-state index in [0.29, 0.717) is 50.7 Å². The molecule has 0 saturated heterocycles. The number of hydrogen-bond donors (Lipinski definition) is 3.